The summed E-state index contributed by atoms with van der Waals surface area (Å²) in [7, 11) is -7.30. The molecule has 1 aliphatic rings. The Kier molecular flexibility index (Phi) is 8.08. The predicted molar refractivity (Wildman–Crippen MR) is 122 cm³/mol. The van der Waals surface area contributed by atoms with Gasteiger partial charge in [-0.1, -0.05) is 30.3 Å². The third-order valence-corrected chi connectivity index (χ3v) is 8.06. The number of piperazine rings is 1. The Balaban J connectivity index is 1.58. The van der Waals surface area contributed by atoms with Crippen LogP contribution in [0.15, 0.2) is 59.5 Å². The van der Waals surface area contributed by atoms with E-state index in [1.807, 2.05) is 30.3 Å². The van der Waals surface area contributed by atoms with E-state index in [1.54, 1.807) is 4.90 Å². The van der Waals surface area contributed by atoms with E-state index in [2.05, 4.69) is 4.72 Å². The van der Waals surface area contributed by atoms with Gasteiger partial charge in [0.1, 0.15) is 18.4 Å². The standard InChI is InChI=1S/C21H27N3O7S2/c1-32(27,28)24-13-11-23(12-14-24)20(21(25)26)15-22-33(29,30)19-9-7-18(8-10-19)31-16-17-5-3-2-4-6-17/h2-10,20,22H,11-16H2,1H3,(H,25,26)/t20-/m0/s1. The highest BCUT2D eigenvalue weighted by Gasteiger charge is 2.32. The van der Waals surface area contributed by atoms with Crippen LogP contribution in [0.4, 0.5) is 0 Å². The fourth-order valence-electron chi connectivity index (χ4n) is 3.45. The van der Waals surface area contributed by atoms with Gasteiger partial charge in [0.25, 0.3) is 0 Å². The molecule has 33 heavy (non-hydrogen) atoms. The maximum absolute atomic E-state index is 12.7. The van der Waals surface area contributed by atoms with Crippen molar-refractivity contribution in [2.75, 3.05) is 39.0 Å². The molecule has 0 spiro atoms. The smallest absolute Gasteiger partial charge is 0.322 e. The molecule has 0 radical (unpaired) electrons. The van der Waals surface area contributed by atoms with Gasteiger partial charge in [0.15, 0.2) is 0 Å². The third-order valence-electron chi connectivity index (χ3n) is 5.32. The Morgan fingerprint density at radius 2 is 1.61 bits per heavy atom. The maximum Gasteiger partial charge on any atom is 0.322 e. The van der Waals surface area contributed by atoms with E-state index >= 15 is 0 Å². The molecule has 2 N–H and O–H groups in total. The molecule has 3 rings (SSSR count). The lowest BCUT2D eigenvalue weighted by Crippen LogP contribution is -2.56. The molecule has 0 aromatic heterocycles. The molecule has 2 aromatic rings. The van der Waals surface area contributed by atoms with Crippen LogP contribution in [-0.4, -0.2) is 82.1 Å². The van der Waals surface area contributed by atoms with Gasteiger partial charge in [0.2, 0.25) is 20.0 Å². The molecule has 2 aromatic carbocycles. The van der Waals surface area contributed by atoms with Crippen molar-refractivity contribution in [1.82, 2.24) is 13.9 Å². The number of rotatable bonds is 10. The molecule has 10 nitrogen and oxygen atoms in total. The maximum atomic E-state index is 12.7. The van der Waals surface area contributed by atoms with E-state index in [9.17, 15) is 26.7 Å². The Hall–Kier alpha value is -2.51. The molecule has 0 amide bonds. The second kappa shape index (κ2) is 10.6. The second-order valence-corrected chi connectivity index (χ2v) is 11.4. The molecule has 180 valence electrons. The Labute approximate surface area is 193 Å². The van der Waals surface area contributed by atoms with Crippen LogP contribution in [0.2, 0.25) is 0 Å². The topological polar surface area (TPSA) is 133 Å². The van der Waals surface area contributed by atoms with E-state index in [1.165, 1.54) is 28.6 Å². The fourth-order valence-corrected chi connectivity index (χ4v) is 5.31. The number of ether oxygens (including phenoxy) is 1. The first-order chi connectivity index (χ1) is 15.6. The van der Waals surface area contributed by atoms with Crippen LogP contribution in [0.25, 0.3) is 0 Å². The van der Waals surface area contributed by atoms with Crippen LogP contribution in [-0.2, 0) is 31.4 Å². The largest absolute Gasteiger partial charge is 0.489 e. The highest BCUT2D eigenvalue weighted by Crippen LogP contribution is 2.18. The van der Waals surface area contributed by atoms with Gasteiger partial charge in [0, 0.05) is 32.7 Å². The van der Waals surface area contributed by atoms with E-state index < -0.39 is 32.1 Å². The molecule has 0 unspecified atom stereocenters. The van der Waals surface area contributed by atoms with E-state index in [0.717, 1.165) is 11.8 Å². The van der Waals surface area contributed by atoms with E-state index in [4.69, 9.17) is 4.74 Å². The van der Waals surface area contributed by atoms with Gasteiger partial charge in [0.05, 0.1) is 11.2 Å². The monoisotopic (exact) mass is 497 g/mol. The molecule has 1 aliphatic heterocycles. The zero-order valence-electron chi connectivity index (χ0n) is 18.1. The lowest BCUT2D eigenvalue weighted by atomic mass is 10.2. The van der Waals surface area contributed by atoms with Crippen molar-refractivity contribution in [1.29, 1.82) is 0 Å². The summed E-state index contributed by atoms with van der Waals surface area (Å²) in [4.78, 5) is 13.3. The Morgan fingerprint density at radius 1 is 1.00 bits per heavy atom. The molecule has 12 heteroatoms. The van der Waals surface area contributed by atoms with Gasteiger partial charge in [-0.3, -0.25) is 9.69 Å². The van der Waals surface area contributed by atoms with Gasteiger partial charge < -0.3 is 9.84 Å². The lowest BCUT2D eigenvalue weighted by Gasteiger charge is -2.36. The number of benzene rings is 2. The lowest BCUT2D eigenvalue weighted by molar-refractivity contribution is -0.143. The zero-order valence-corrected chi connectivity index (χ0v) is 19.8. The van der Waals surface area contributed by atoms with Crippen molar-refractivity contribution < 1.29 is 31.5 Å². The number of carbonyl (C=O) groups is 1. The SMILES string of the molecule is CS(=O)(=O)N1CCN([C@@H](CNS(=O)(=O)c2ccc(OCc3ccccc3)cc2)C(=O)O)CC1. The highest BCUT2D eigenvalue weighted by atomic mass is 32.2. The van der Waals surface area contributed by atoms with Crippen LogP contribution in [0.3, 0.4) is 0 Å². The van der Waals surface area contributed by atoms with Gasteiger partial charge in [-0.25, -0.2) is 21.6 Å². The Bertz CT molecular complexity index is 1150. The minimum atomic E-state index is -3.95. The van der Waals surface area contributed by atoms with Crippen molar-refractivity contribution in [2.45, 2.75) is 17.5 Å². The van der Waals surface area contributed by atoms with Crippen LogP contribution in [0, 0.1) is 0 Å². The normalized spacial score (nSPS) is 16.9. The van der Waals surface area contributed by atoms with Crippen LogP contribution in [0.1, 0.15) is 5.56 Å². The van der Waals surface area contributed by atoms with Gasteiger partial charge in [-0.05, 0) is 29.8 Å². The summed E-state index contributed by atoms with van der Waals surface area (Å²) < 4.78 is 57.9. The highest BCUT2D eigenvalue weighted by molar-refractivity contribution is 7.89. The summed E-state index contributed by atoms with van der Waals surface area (Å²) in [6, 6.07) is 14.3. The summed E-state index contributed by atoms with van der Waals surface area (Å²) in [5.41, 5.74) is 0.980. The number of hydrogen-bond donors (Lipinski definition) is 2. The van der Waals surface area contributed by atoms with Crippen molar-refractivity contribution >= 4 is 26.0 Å². The summed E-state index contributed by atoms with van der Waals surface area (Å²) in [5.74, 6) is -0.680. The quantitative estimate of drug-likeness (QED) is 0.487. The number of hydrogen-bond acceptors (Lipinski definition) is 7. The summed E-state index contributed by atoms with van der Waals surface area (Å²) in [6.07, 6.45) is 1.10. The molecular formula is C21H27N3O7S2. The number of carboxylic acids is 1. The number of nitrogens with zero attached hydrogens (tertiary/aromatic N) is 2. The number of nitrogens with one attached hydrogen (secondary N) is 1. The summed E-state index contributed by atoms with van der Waals surface area (Å²) in [5, 5.41) is 9.58. The number of aliphatic carboxylic acids is 1. The van der Waals surface area contributed by atoms with Gasteiger partial charge >= 0.3 is 5.97 Å². The van der Waals surface area contributed by atoms with Crippen molar-refractivity contribution in [3.63, 3.8) is 0 Å². The molecule has 1 saturated heterocycles. The predicted octanol–water partition coefficient (Wildman–Crippen LogP) is 0.574. The van der Waals surface area contributed by atoms with Crippen LogP contribution < -0.4 is 9.46 Å². The first-order valence-corrected chi connectivity index (χ1v) is 13.6. The zero-order chi connectivity index (χ0) is 24.1. The molecule has 0 bridgehead atoms. The third kappa shape index (κ3) is 6.98. The van der Waals surface area contributed by atoms with Gasteiger partial charge in [-0.15, -0.1) is 0 Å². The molecule has 1 atom stereocenters. The number of sulfonamides is 2. The van der Waals surface area contributed by atoms with Crippen molar-refractivity contribution in [3.05, 3.63) is 60.2 Å². The van der Waals surface area contributed by atoms with Crippen LogP contribution >= 0.6 is 0 Å². The summed E-state index contributed by atoms with van der Waals surface area (Å²) >= 11 is 0. The average Bonchev–Trinajstić information content (AvgIpc) is 2.78. The molecule has 1 fully saturated rings. The Morgan fingerprint density at radius 3 is 2.15 bits per heavy atom. The molecule has 0 saturated carbocycles. The molecule has 1 heterocycles. The minimum absolute atomic E-state index is 0.0133. The van der Waals surface area contributed by atoms with E-state index in [0.29, 0.717) is 12.4 Å². The number of carboxylic acid groups (broad SMARTS) is 1. The van der Waals surface area contributed by atoms with Gasteiger partial charge in [-0.2, -0.15) is 4.31 Å². The minimum Gasteiger partial charge on any atom is -0.489 e. The summed E-state index contributed by atoms with van der Waals surface area (Å²) in [6.45, 7) is 0.693. The van der Waals surface area contributed by atoms with E-state index in [-0.39, 0.29) is 37.6 Å². The van der Waals surface area contributed by atoms with Crippen molar-refractivity contribution in [3.8, 4) is 5.75 Å². The fraction of sp³-hybridized carbons (Fsp3) is 0.381. The average molecular weight is 498 g/mol. The molecular weight excluding hydrogens is 470 g/mol. The van der Waals surface area contributed by atoms with Crippen molar-refractivity contribution in [2.24, 2.45) is 0 Å². The van der Waals surface area contributed by atoms with Crippen LogP contribution in [0.5, 0.6) is 5.75 Å². The first-order valence-electron chi connectivity index (χ1n) is 10.2. The molecule has 0 aliphatic carbocycles. The first kappa shape index (κ1) is 25.1. The second-order valence-electron chi connectivity index (χ2n) is 7.65.